The van der Waals surface area contributed by atoms with Crippen LogP contribution in [0.25, 0.3) is 0 Å². The van der Waals surface area contributed by atoms with Crippen LogP contribution in [0.15, 0.2) is 18.2 Å². The number of methoxy groups -OCH3 is 1. The molecule has 0 heterocycles. The molecular formula is C11H16ClNO. The van der Waals surface area contributed by atoms with Gasteiger partial charge in [0, 0.05) is 6.04 Å². The Morgan fingerprint density at radius 1 is 1.36 bits per heavy atom. The maximum Gasteiger partial charge on any atom is 0.137 e. The van der Waals surface area contributed by atoms with E-state index in [0.29, 0.717) is 16.7 Å². The minimum Gasteiger partial charge on any atom is -0.495 e. The van der Waals surface area contributed by atoms with E-state index in [1.165, 1.54) is 0 Å². The quantitative estimate of drug-likeness (QED) is 0.838. The Morgan fingerprint density at radius 2 is 2.00 bits per heavy atom. The molecule has 1 aromatic carbocycles. The minimum atomic E-state index is 0.125. The van der Waals surface area contributed by atoms with Gasteiger partial charge in [-0.15, -0.1) is 0 Å². The van der Waals surface area contributed by atoms with Crippen LogP contribution in [0.2, 0.25) is 5.02 Å². The van der Waals surface area contributed by atoms with Crippen LogP contribution in [-0.4, -0.2) is 13.2 Å². The summed E-state index contributed by atoms with van der Waals surface area (Å²) in [5.74, 6) is 1.01. The number of ether oxygens (including phenoxy) is 1. The third-order valence-corrected chi connectivity index (χ3v) is 2.79. The maximum absolute atomic E-state index is 6.01. The van der Waals surface area contributed by atoms with E-state index in [-0.39, 0.29) is 6.04 Å². The van der Waals surface area contributed by atoms with Crippen LogP contribution < -0.4 is 10.5 Å². The van der Waals surface area contributed by atoms with Crippen LogP contribution >= 0.6 is 11.6 Å². The second-order valence-electron chi connectivity index (χ2n) is 3.54. The summed E-state index contributed by atoms with van der Waals surface area (Å²) in [5, 5.41) is 0.637. The molecule has 1 aromatic rings. The van der Waals surface area contributed by atoms with Crippen molar-refractivity contribution < 1.29 is 4.74 Å². The molecule has 0 aliphatic rings. The monoisotopic (exact) mass is 213 g/mol. The van der Waals surface area contributed by atoms with E-state index in [1.807, 2.05) is 25.1 Å². The molecule has 0 fully saturated rings. The number of rotatable bonds is 3. The van der Waals surface area contributed by atoms with Crippen molar-refractivity contribution in [2.24, 2.45) is 5.73 Å². The van der Waals surface area contributed by atoms with Crippen molar-refractivity contribution in [3.63, 3.8) is 0 Å². The summed E-state index contributed by atoms with van der Waals surface area (Å²) < 4.78 is 5.08. The van der Waals surface area contributed by atoms with E-state index in [4.69, 9.17) is 22.1 Å². The van der Waals surface area contributed by atoms with Gasteiger partial charge in [0.2, 0.25) is 0 Å². The van der Waals surface area contributed by atoms with Crippen LogP contribution in [0, 0.1) is 0 Å². The van der Waals surface area contributed by atoms with Gasteiger partial charge in [0.05, 0.1) is 12.1 Å². The lowest BCUT2D eigenvalue weighted by Gasteiger charge is -2.16. The summed E-state index contributed by atoms with van der Waals surface area (Å²) in [6, 6.07) is 5.91. The van der Waals surface area contributed by atoms with Crippen molar-refractivity contribution in [3.05, 3.63) is 28.8 Å². The number of hydrogen-bond acceptors (Lipinski definition) is 2. The summed E-state index contributed by atoms with van der Waals surface area (Å²) in [7, 11) is 1.61. The summed E-state index contributed by atoms with van der Waals surface area (Å²) in [5.41, 5.74) is 6.96. The van der Waals surface area contributed by atoms with Crippen molar-refractivity contribution in [2.45, 2.75) is 25.8 Å². The first-order valence-corrected chi connectivity index (χ1v) is 5.03. The van der Waals surface area contributed by atoms with Crippen molar-refractivity contribution in [1.82, 2.24) is 0 Å². The highest BCUT2D eigenvalue weighted by Gasteiger charge is 2.11. The van der Waals surface area contributed by atoms with Gasteiger partial charge in [0.1, 0.15) is 5.75 Å². The molecule has 0 saturated heterocycles. The van der Waals surface area contributed by atoms with Crippen LogP contribution in [-0.2, 0) is 0 Å². The molecule has 0 spiro atoms. The average molecular weight is 214 g/mol. The molecule has 0 radical (unpaired) electrons. The highest BCUT2D eigenvalue weighted by atomic mass is 35.5. The van der Waals surface area contributed by atoms with Gasteiger partial charge >= 0.3 is 0 Å². The van der Waals surface area contributed by atoms with Gasteiger partial charge in [-0.1, -0.05) is 24.6 Å². The van der Waals surface area contributed by atoms with Crippen LogP contribution in [0.5, 0.6) is 5.75 Å². The van der Waals surface area contributed by atoms with Gasteiger partial charge in [-0.05, 0) is 30.5 Å². The summed E-state index contributed by atoms with van der Waals surface area (Å²) in [4.78, 5) is 0. The number of nitrogens with two attached hydrogens (primary N) is 1. The van der Waals surface area contributed by atoms with Crippen LogP contribution in [0.4, 0.5) is 0 Å². The Bertz CT molecular complexity index is 312. The zero-order valence-electron chi connectivity index (χ0n) is 8.75. The maximum atomic E-state index is 6.01. The third kappa shape index (κ3) is 2.40. The van der Waals surface area contributed by atoms with E-state index in [2.05, 4.69) is 6.92 Å². The highest BCUT2D eigenvalue weighted by molar-refractivity contribution is 6.32. The lowest BCUT2D eigenvalue weighted by atomic mass is 9.95. The molecule has 0 aliphatic heterocycles. The molecule has 0 aromatic heterocycles. The molecule has 2 nitrogen and oxygen atoms in total. The largest absolute Gasteiger partial charge is 0.495 e. The van der Waals surface area contributed by atoms with Crippen molar-refractivity contribution in [2.75, 3.05) is 7.11 Å². The van der Waals surface area contributed by atoms with E-state index in [9.17, 15) is 0 Å². The zero-order valence-corrected chi connectivity index (χ0v) is 9.51. The smallest absolute Gasteiger partial charge is 0.137 e. The molecule has 0 bridgehead atoms. The Morgan fingerprint density at radius 3 is 2.43 bits per heavy atom. The Balaban J connectivity index is 2.96. The molecule has 2 N–H and O–H groups in total. The average Bonchev–Trinajstić information content (AvgIpc) is 2.16. The van der Waals surface area contributed by atoms with Crippen LogP contribution in [0.3, 0.4) is 0 Å². The molecule has 14 heavy (non-hydrogen) atoms. The fourth-order valence-electron chi connectivity index (χ4n) is 1.27. The molecule has 0 aliphatic carbocycles. The molecule has 0 amide bonds. The van der Waals surface area contributed by atoms with Gasteiger partial charge in [0.25, 0.3) is 0 Å². The highest BCUT2D eigenvalue weighted by Crippen LogP contribution is 2.28. The number of halogens is 1. The minimum absolute atomic E-state index is 0.125. The molecule has 3 heteroatoms. The normalized spacial score (nSPS) is 14.9. The topological polar surface area (TPSA) is 35.2 Å². The standard InChI is InChI=1S/C11H16ClNO/c1-7(8(2)13)9-4-5-11(14-3)10(12)6-9/h4-8H,13H2,1-3H3. The third-order valence-electron chi connectivity index (χ3n) is 2.49. The lowest BCUT2D eigenvalue weighted by Crippen LogP contribution is -2.22. The number of benzene rings is 1. The first kappa shape index (κ1) is 11.3. The Kier molecular flexibility index (Phi) is 3.78. The second kappa shape index (κ2) is 4.67. The van der Waals surface area contributed by atoms with E-state index in [1.54, 1.807) is 7.11 Å². The van der Waals surface area contributed by atoms with Gasteiger partial charge in [-0.25, -0.2) is 0 Å². The number of hydrogen-bond donors (Lipinski definition) is 1. The molecular weight excluding hydrogens is 198 g/mol. The van der Waals surface area contributed by atoms with Crippen molar-refractivity contribution in [3.8, 4) is 5.75 Å². The molecule has 0 saturated carbocycles. The molecule has 78 valence electrons. The van der Waals surface area contributed by atoms with Gasteiger partial charge in [-0.3, -0.25) is 0 Å². The summed E-state index contributed by atoms with van der Waals surface area (Å²) in [6.45, 7) is 4.08. The Hall–Kier alpha value is -0.730. The molecule has 2 unspecified atom stereocenters. The first-order chi connectivity index (χ1) is 6.56. The lowest BCUT2D eigenvalue weighted by molar-refractivity contribution is 0.414. The van der Waals surface area contributed by atoms with E-state index >= 15 is 0 Å². The summed E-state index contributed by atoms with van der Waals surface area (Å²) >= 11 is 6.01. The fourth-order valence-corrected chi connectivity index (χ4v) is 1.54. The molecule has 2 atom stereocenters. The predicted molar refractivity (Wildman–Crippen MR) is 60.1 cm³/mol. The molecule has 1 rings (SSSR count). The Labute approximate surface area is 90.0 Å². The van der Waals surface area contributed by atoms with Gasteiger partial charge < -0.3 is 10.5 Å². The van der Waals surface area contributed by atoms with Crippen molar-refractivity contribution in [1.29, 1.82) is 0 Å². The van der Waals surface area contributed by atoms with Crippen LogP contribution in [0.1, 0.15) is 25.3 Å². The summed E-state index contributed by atoms with van der Waals surface area (Å²) in [6.07, 6.45) is 0. The van der Waals surface area contributed by atoms with Gasteiger partial charge in [-0.2, -0.15) is 0 Å². The van der Waals surface area contributed by atoms with Crippen molar-refractivity contribution >= 4 is 11.6 Å². The van der Waals surface area contributed by atoms with Gasteiger partial charge in [0.15, 0.2) is 0 Å². The second-order valence-corrected chi connectivity index (χ2v) is 3.95. The van der Waals surface area contributed by atoms with E-state index < -0.39 is 0 Å². The first-order valence-electron chi connectivity index (χ1n) is 4.65. The predicted octanol–water partition coefficient (Wildman–Crippen LogP) is 2.80. The van der Waals surface area contributed by atoms with E-state index in [0.717, 1.165) is 5.56 Å². The fraction of sp³-hybridized carbons (Fsp3) is 0.455. The zero-order chi connectivity index (χ0) is 10.7. The SMILES string of the molecule is COc1ccc(C(C)C(C)N)cc1Cl.